The molecule has 1 aliphatic rings. The van der Waals surface area contributed by atoms with E-state index in [9.17, 15) is 9.59 Å². The van der Waals surface area contributed by atoms with E-state index in [0.29, 0.717) is 25.7 Å². The molecule has 0 aromatic heterocycles. The molecule has 1 fully saturated rings. The van der Waals surface area contributed by atoms with E-state index >= 15 is 0 Å². The Morgan fingerprint density at radius 2 is 2.05 bits per heavy atom. The molecule has 1 rings (SSSR count). The molecule has 1 aliphatic heterocycles. The second-order valence-corrected chi connectivity index (χ2v) is 5.16. The van der Waals surface area contributed by atoms with E-state index in [4.69, 9.17) is 5.11 Å². The van der Waals surface area contributed by atoms with E-state index in [1.807, 2.05) is 16.7 Å². The van der Waals surface area contributed by atoms with Crippen molar-refractivity contribution in [2.24, 2.45) is 0 Å². The number of carboxylic acid groups (broad SMARTS) is 1. The maximum absolute atomic E-state index is 12.3. The number of carboxylic acids is 1. The molecule has 0 bridgehead atoms. The van der Waals surface area contributed by atoms with Crippen molar-refractivity contribution in [3.8, 4) is 0 Å². The SMILES string of the molecule is CCC1CCCCN1C(=O)CN(CC)CCC(=O)O. The number of hydrogen-bond donors (Lipinski definition) is 1. The summed E-state index contributed by atoms with van der Waals surface area (Å²) in [6.45, 7) is 6.45. The number of rotatable bonds is 7. The summed E-state index contributed by atoms with van der Waals surface area (Å²) in [5.41, 5.74) is 0. The fraction of sp³-hybridized carbons (Fsp3) is 0.857. The molecule has 1 saturated heterocycles. The van der Waals surface area contributed by atoms with Crippen LogP contribution in [0.25, 0.3) is 0 Å². The Morgan fingerprint density at radius 3 is 2.63 bits per heavy atom. The van der Waals surface area contributed by atoms with Gasteiger partial charge >= 0.3 is 5.97 Å². The summed E-state index contributed by atoms with van der Waals surface area (Å²) < 4.78 is 0. The molecular weight excluding hydrogens is 244 g/mol. The molecule has 0 saturated carbocycles. The quantitative estimate of drug-likeness (QED) is 0.763. The van der Waals surface area contributed by atoms with Gasteiger partial charge in [-0.25, -0.2) is 0 Å². The third kappa shape index (κ3) is 5.19. The van der Waals surface area contributed by atoms with Crippen molar-refractivity contribution >= 4 is 11.9 Å². The average molecular weight is 270 g/mol. The van der Waals surface area contributed by atoms with Gasteiger partial charge in [-0.2, -0.15) is 0 Å². The third-order valence-corrected chi connectivity index (χ3v) is 3.87. The Kier molecular flexibility index (Phi) is 6.84. The van der Waals surface area contributed by atoms with Crippen molar-refractivity contribution in [1.82, 2.24) is 9.80 Å². The van der Waals surface area contributed by atoms with Crippen molar-refractivity contribution in [3.05, 3.63) is 0 Å². The van der Waals surface area contributed by atoms with E-state index in [0.717, 1.165) is 25.8 Å². The first-order valence-corrected chi connectivity index (χ1v) is 7.32. The molecule has 110 valence electrons. The predicted molar refractivity (Wildman–Crippen MR) is 74.0 cm³/mol. The number of carbonyl (C=O) groups excluding carboxylic acids is 1. The first kappa shape index (κ1) is 16.0. The molecule has 0 spiro atoms. The fourth-order valence-electron chi connectivity index (χ4n) is 2.64. The van der Waals surface area contributed by atoms with Gasteiger partial charge in [0.1, 0.15) is 0 Å². The summed E-state index contributed by atoms with van der Waals surface area (Å²) in [4.78, 5) is 26.8. The zero-order valence-corrected chi connectivity index (χ0v) is 12.1. The number of amides is 1. The Morgan fingerprint density at radius 1 is 1.32 bits per heavy atom. The van der Waals surface area contributed by atoms with Crippen LogP contribution in [-0.4, -0.2) is 59.0 Å². The number of piperidine rings is 1. The zero-order chi connectivity index (χ0) is 14.3. The van der Waals surface area contributed by atoms with Crippen LogP contribution in [0.4, 0.5) is 0 Å². The molecular formula is C14H26N2O3. The van der Waals surface area contributed by atoms with E-state index in [1.54, 1.807) is 0 Å². The van der Waals surface area contributed by atoms with E-state index in [-0.39, 0.29) is 12.3 Å². The van der Waals surface area contributed by atoms with Crippen LogP contribution >= 0.6 is 0 Å². The van der Waals surface area contributed by atoms with Crippen LogP contribution in [0.1, 0.15) is 46.0 Å². The van der Waals surface area contributed by atoms with E-state index in [2.05, 4.69) is 6.92 Å². The fourth-order valence-corrected chi connectivity index (χ4v) is 2.64. The molecule has 0 radical (unpaired) electrons. The number of carbonyl (C=O) groups is 2. The Balaban J connectivity index is 2.48. The van der Waals surface area contributed by atoms with E-state index < -0.39 is 5.97 Å². The van der Waals surface area contributed by atoms with Crippen molar-refractivity contribution in [2.75, 3.05) is 26.2 Å². The minimum Gasteiger partial charge on any atom is -0.481 e. The first-order chi connectivity index (χ1) is 9.08. The van der Waals surface area contributed by atoms with Gasteiger partial charge in [0.05, 0.1) is 13.0 Å². The number of nitrogens with zero attached hydrogens (tertiary/aromatic N) is 2. The highest BCUT2D eigenvalue weighted by molar-refractivity contribution is 5.78. The van der Waals surface area contributed by atoms with Gasteiger partial charge in [0.15, 0.2) is 0 Å². The molecule has 1 N–H and O–H groups in total. The summed E-state index contributed by atoms with van der Waals surface area (Å²) in [5, 5.41) is 8.70. The van der Waals surface area contributed by atoms with Gasteiger partial charge in [-0.1, -0.05) is 13.8 Å². The van der Waals surface area contributed by atoms with Crippen LogP contribution in [-0.2, 0) is 9.59 Å². The summed E-state index contributed by atoms with van der Waals surface area (Å²) in [6, 6.07) is 0.374. The standard InChI is InChI=1S/C14H26N2O3/c1-3-12-7-5-6-9-16(12)13(17)11-15(4-2)10-8-14(18)19/h12H,3-11H2,1-2H3,(H,18,19). The van der Waals surface area contributed by atoms with Gasteiger partial charge in [0, 0.05) is 19.1 Å². The molecule has 0 aromatic rings. The second kappa shape index (κ2) is 8.15. The molecule has 5 heteroatoms. The van der Waals surface area contributed by atoms with E-state index in [1.165, 1.54) is 6.42 Å². The molecule has 5 nitrogen and oxygen atoms in total. The average Bonchev–Trinajstić information content (AvgIpc) is 2.42. The molecule has 1 atom stereocenters. The molecule has 1 unspecified atom stereocenters. The van der Waals surface area contributed by atoms with Crippen LogP contribution in [0.5, 0.6) is 0 Å². The van der Waals surface area contributed by atoms with Gasteiger partial charge in [-0.3, -0.25) is 14.5 Å². The smallest absolute Gasteiger partial charge is 0.304 e. The highest BCUT2D eigenvalue weighted by Crippen LogP contribution is 2.19. The summed E-state index contributed by atoms with van der Waals surface area (Å²) in [6.07, 6.45) is 4.50. The second-order valence-electron chi connectivity index (χ2n) is 5.16. The number of aliphatic carboxylic acids is 1. The molecule has 1 heterocycles. The minimum absolute atomic E-state index is 0.0956. The van der Waals surface area contributed by atoms with Crippen molar-refractivity contribution in [1.29, 1.82) is 0 Å². The van der Waals surface area contributed by atoms with Crippen molar-refractivity contribution < 1.29 is 14.7 Å². The number of likely N-dealkylation sites (tertiary alicyclic amines) is 1. The molecule has 19 heavy (non-hydrogen) atoms. The van der Waals surface area contributed by atoms with Crippen LogP contribution < -0.4 is 0 Å². The monoisotopic (exact) mass is 270 g/mol. The van der Waals surface area contributed by atoms with Crippen LogP contribution in [0.3, 0.4) is 0 Å². The lowest BCUT2D eigenvalue weighted by molar-refractivity contribution is -0.139. The largest absolute Gasteiger partial charge is 0.481 e. The lowest BCUT2D eigenvalue weighted by Gasteiger charge is -2.36. The summed E-state index contributed by atoms with van der Waals surface area (Å²) >= 11 is 0. The minimum atomic E-state index is -0.810. The Bertz CT molecular complexity index is 307. The zero-order valence-electron chi connectivity index (χ0n) is 12.1. The maximum Gasteiger partial charge on any atom is 0.304 e. The van der Waals surface area contributed by atoms with Gasteiger partial charge in [0.25, 0.3) is 0 Å². The van der Waals surface area contributed by atoms with Gasteiger partial charge in [0.2, 0.25) is 5.91 Å². The van der Waals surface area contributed by atoms with Gasteiger partial charge < -0.3 is 10.0 Å². The summed E-state index contributed by atoms with van der Waals surface area (Å²) in [5.74, 6) is -0.658. The lowest BCUT2D eigenvalue weighted by atomic mass is 10.00. The lowest BCUT2D eigenvalue weighted by Crippen LogP contribution is -2.48. The van der Waals surface area contributed by atoms with Gasteiger partial charge in [-0.05, 0) is 32.2 Å². The van der Waals surface area contributed by atoms with Crippen LogP contribution in [0.15, 0.2) is 0 Å². The maximum atomic E-state index is 12.3. The molecule has 0 aliphatic carbocycles. The van der Waals surface area contributed by atoms with Crippen molar-refractivity contribution in [3.63, 3.8) is 0 Å². The highest BCUT2D eigenvalue weighted by atomic mass is 16.4. The number of likely N-dealkylation sites (N-methyl/N-ethyl adjacent to an activating group) is 1. The predicted octanol–water partition coefficient (Wildman–Crippen LogP) is 1.57. The van der Waals surface area contributed by atoms with Crippen LogP contribution in [0, 0.1) is 0 Å². The van der Waals surface area contributed by atoms with Gasteiger partial charge in [-0.15, -0.1) is 0 Å². The molecule has 0 aromatic carbocycles. The topological polar surface area (TPSA) is 60.9 Å². The Labute approximate surface area is 115 Å². The summed E-state index contributed by atoms with van der Waals surface area (Å²) in [7, 11) is 0. The van der Waals surface area contributed by atoms with Crippen molar-refractivity contribution in [2.45, 2.75) is 52.0 Å². The van der Waals surface area contributed by atoms with Crippen LogP contribution in [0.2, 0.25) is 0 Å². The number of hydrogen-bond acceptors (Lipinski definition) is 3. The molecule has 1 amide bonds. The normalized spacial score (nSPS) is 19.7. The highest BCUT2D eigenvalue weighted by Gasteiger charge is 2.26. The first-order valence-electron chi connectivity index (χ1n) is 7.32. The Hall–Kier alpha value is -1.10. The third-order valence-electron chi connectivity index (χ3n) is 3.87.